The molecule has 4 rings (SSSR count). The van der Waals surface area contributed by atoms with E-state index in [2.05, 4.69) is 31.0 Å². The van der Waals surface area contributed by atoms with Gasteiger partial charge in [-0.05, 0) is 69.1 Å². The van der Waals surface area contributed by atoms with E-state index in [0.29, 0.717) is 17.4 Å². The molecule has 5 nitrogen and oxygen atoms in total. The highest BCUT2D eigenvalue weighted by atomic mass is 15.3. The Morgan fingerprint density at radius 3 is 2.07 bits per heavy atom. The third-order valence-corrected chi connectivity index (χ3v) is 7.54. The van der Waals surface area contributed by atoms with Gasteiger partial charge in [-0.3, -0.25) is 0 Å². The van der Waals surface area contributed by atoms with Crippen molar-refractivity contribution in [2.24, 2.45) is 11.3 Å². The lowest BCUT2D eigenvalue weighted by Crippen LogP contribution is -2.34. The molecule has 162 valence electrons. The van der Waals surface area contributed by atoms with E-state index in [1.165, 1.54) is 77.0 Å². The summed E-state index contributed by atoms with van der Waals surface area (Å²) in [6.45, 7) is 9.34. The quantitative estimate of drug-likeness (QED) is 0.680. The lowest BCUT2D eigenvalue weighted by molar-refractivity contribution is 0.173. The van der Waals surface area contributed by atoms with E-state index >= 15 is 0 Å². The molecular weight excluding hydrogens is 358 g/mol. The maximum Gasteiger partial charge on any atom is 0.230 e. The molecule has 2 aliphatic carbocycles. The lowest BCUT2D eigenvalue weighted by Gasteiger charge is -2.37. The fourth-order valence-corrected chi connectivity index (χ4v) is 5.51. The second-order valence-electron chi connectivity index (χ2n) is 10.8. The number of hydrogen-bond donors (Lipinski definition) is 1. The average molecular weight is 400 g/mol. The smallest absolute Gasteiger partial charge is 0.230 e. The van der Waals surface area contributed by atoms with Crippen LogP contribution in [0.25, 0.3) is 0 Å². The molecule has 0 amide bonds. The first-order valence-electron chi connectivity index (χ1n) is 12.3. The van der Waals surface area contributed by atoms with Crippen LogP contribution in [0.4, 0.5) is 11.9 Å². The van der Waals surface area contributed by atoms with E-state index in [-0.39, 0.29) is 0 Å². The van der Waals surface area contributed by atoms with Gasteiger partial charge in [0.25, 0.3) is 0 Å². The number of nitrogens with one attached hydrogen (secondary N) is 1. The van der Waals surface area contributed by atoms with Gasteiger partial charge in [0, 0.05) is 25.0 Å². The molecule has 2 saturated carbocycles. The van der Waals surface area contributed by atoms with Crippen molar-refractivity contribution in [2.75, 3.05) is 23.3 Å². The monoisotopic (exact) mass is 399 g/mol. The minimum Gasteiger partial charge on any atom is -0.351 e. The van der Waals surface area contributed by atoms with Gasteiger partial charge in [-0.15, -0.1) is 0 Å². The number of rotatable bonds is 4. The molecular formula is C24H41N5. The Balaban J connectivity index is 1.49. The maximum absolute atomic E-state index is 4.98. The summed E-state index contributed by atoms with van der Waals surface area (Å²) in [5.41, 5.74) is 0.424. The molecule has 2 heterocycles. The number of nitrogens with zero attached hydrogens (tertiary/aromatic N) is 4. The highest BCUT2D eigenvalue weighted by molar-refractivity contribution is 5.39. The van der Waals surface area contributed by atoms with Gasteiger partial charge in [-0.1, -0.05) is 40.0 Å². The molecule has 0 atom stereocenters. The summed E-state index contributed by atoms with van der Waals surface area (Å²) in [5, 5.41) is 3.72. The zero-order chi connectivity index (χ0) is 20.3. The molecule has 0 spiro atoms. The van der Waals surface area contributed by atoms with Crippen LogP contribution in [-0.2, 0) is 0 Å². The van der Waals surface area contributed by atoms with Crippen LogP contribution in [0, 0.1) is 11.3 Å². The SMILES string of the molecule is CC(C)(C)C1CCC(Nc2nc(C3CCCCC3)nc(N3CCCCC3)n2)CC1. The summed E-state index contributed by atoms with van der Waals surface area (Å²) in [7, 11) is 0. The average Bonchev–Trinajstić information content (AvgIpc) is 2.74. The summed E-state index contributed by atoms with van der Waals surface area (Å²) in [4.78, 5) is 17.2. The van der Waals surface area contributed by atoms with Crippen LogP contribution in [0.15, 0.2) is 0 Å². The van der Waals surface area contributed by atoms with Crippen molar-refractivity contribution < 1.29 is 0 Å². The van der Waals surface area contributed by atoms with Crippen molar-refractivity contribution in [3.8, 4) is 0 Å². The Bertz CT molecular complexity index is 611. The second kappa shape index (κ2) is 9.18. The summed E-state index contributed by atoms with van der Waals surface area (Å²) < 4.78 is 0. The maximum atomic E-state index is 4.98. The fraction of sp³-hybridized carbons (Fsp3) is 0.875. The van der Waals surface area contributed by atoms with Crippen molar-refractivity contribution in [3.63, 3.8) is 0 Å². The summed E-state index contributed by atoms with van der Waals surface area (Å²) in [6.07, 6.45) is 15.4. The van der Waals surface area contributed by atoms with Crippen LogP contribution in [0.2, 0.25) is 0 Å². The van der Waals surface area contributed by atoms with E-state index in [1.807, 2.05) is 0 Å². The molecule has 5 heteroatoms. The van der Waals surface area contributed by atoms with Crippen LogP contribution in [0.3, 0.4) is 0 Å². The lowest BCUT2D eigenvalue weighted by atomic mass is 9.71. The van der Waals surface area contributed by atoms with Crippen molar-refractivity contribution in [3.05, 3.63) is 5.82 Å². The van der Waals surface area contributed by atoms with Crippen LogP contribution >= 0.6 is 0 Å². The first-order chi connectivity index (χ1) is 14.0. The van der Waals surface area contributed by atoms with Crippen LogP contribution < -0.4 is 10.2 Å². The van der Waals surface area contributed by atoms with E-state index in [0.717, 1.165) is 36.7 Å². The van der Waals surface area contributed by atoms with Crippen molar-refractivity contribution in [1.82, 2.24) is 15.0 Å². The minimum atomic E-state index is 0.424. The normalized spacial score (nSPS) is 27.1. The Labute approximate surface area is 177 Å². The van der Waals surface area contributed by atoms with Gasteiger partial charge < -0.3 is 10.2 Å². The third-order valence-electron chi connectivity index (χ3n) is 7.54. The van der Waals surface area contributed by atoms with E-state index in [4.69, 9.17) is 15.0 Å². The molecule has 1 aliphatic heterocycles. The summed E-state index contributed by atoms with van der Waals surface area (Å²) in [5.74, 6) is 4.16. The third kappa shape index (κ3) is 5.40. The molecule has 0 aromatic carbocycles. The van der Waals surface area contributed by atoms with Gasteiger partial charge in [0.1, 0.15) is 5.82 Å². The second-order valence-corrected chi connectivity index (χ2v) is 10.8. The first-order valence-corrected chi connectivity index (χ1v) is 12.3. The number of aromatic nitrogens is 3. The number of piperidine rings is 1. The molecule has 0 unspecified atom stereocenters. The highest BCUT2D eigenvalue weighted by Gasteiger charge is 2.30. The summed E-state index contributed by atoms with van der Waals surface area (Å²) >= 11 is 0. The van der Waals surface area contributed by atoms with E-state index in [1.54, 1.807) is 0 Å². The Hall–Kier alpha value is -1.39. The van der Waals surface area contributed by atoms with Crippen LogP contribution in [0.1, 0.15) is 110 Å². The molecule has 0 bridgehead atoms. The van der Waals surface area contributed by atoms with Crippen molar-refractivity contribution in [1.29, 1.82) is 0 Å². The van der Waals surface area contributed by atoms with Crippen molar-refractivity contribution in [2.45, 2.75) is 110 Å². The standard InChI is InChI=1S/C24H41N5/c1-24(2,3)19-12-14-20(15-13-19)25-22-26-21(18-10-6-4-7-11-18)27-23(28-22)29-16-8-5-9-17-29/h18-20H,4-17H2,1-3H3,(H,25,26,27,28). The van der Waals surface area contributed by atoms with Gasteiger partial charge in [0.2, 0.25) is 11.9 Å². The minimum absolute atomic E-state index is 0.424. The molecule has 0 radical (unpaired) electrons. The molecule has 1 N–H and O–H groups in total. The van der Waals surface area contributed by atoms with Crippen molar-refractivity contribution >= 4 is 11.9 Å². The van der Waals surface area contributed by atoms with Gasteiger partial charge in [0.05, 0.1) is 0 Å². The van der Waals surface area contributed by atoms with Crippen LogP contribution in [-0.4, -0.2) is 34.1 Å². The van der Waals surface area contributed by atoms with Gasteiger partial charge >= 0.3 is 0 Å². The first kappa shape index (κ1) is 20.9. The number of anilines is 2. The Morgan fingerprint density at radius 1 is 0.759 bits per heavy atom. The summed E-state index contributed by atoms with van der Waals surface area (Å²) in [6, 6.07) is 0.504. The predicted octanol–water partition coefficient (Wildman–Crippen LogP) is 5.93. The van der Waals surface area contributed by atoms with Crippen LogP contribution in [0.5, 0.6) is 0 Å². The topological polar surface area (TPSA) is 53.9 Å². The van der Waals surface area contributed by atoms with E-state index < -0.39 is 0 Å². The zero-order valence-electron chi connectivity index (χ0n) is 18.9. The largest absolute Gasteiger partial charge is 0.351 e. The molecule has 1 aromatic heterocycles. The van der Waals surface area contributed by atoms with Gasteiger partial charge in [-0.2, -0.15) is 15.0 Å². The Kier molecular flexibility index (Phi) is 6.60. The molecule has 1 aromatic rings. The molecule has 1 saturated heterocycles. The zero-order valence-corrected chi connectivity index (χ0v) is 18.9. The van der Waals surface area contributed by atoms with Gasteiger partial charge in [-0.25, -0.2) is 0 Å². The Morgan fingerprint density at radius 2 is 1.41 bits per heavy atom. The molecule has 3 aliphatic rings. The molecule has 3 fully saturated rings. The number of hydrogen-bond acceptors (Lipinski definition) is 5. The highest BCUT2D eigenvalue weighted by Crippen LogP contribution is 2.38. The fourth-order valence-electron chi connectivity index (χ4n) is 5.51. The van der Waals surface area contributed by atoms with E-state index in [9.17, 15) is 0 Å². The predicted molar refractivity (Wildman–Crippen MR) is 121 cm³/mol. The molecule has 29 heavy (non-hydrogen) atoms. The van der Waals surface area contributed by atoms with Gasteiger partial charge in [0.15, 0.2) is 0 Å².